The van der Waals surface area contributed by atoms with Gasteiger partial charge in [0.25, 0.3) is 5.56 Å². The minimum atomic E-state index is -3.04. The molecule has 7 heteroatoms. The second kappa shape index (κ2) is 7.61. The van der Waals surface area contributed by atoms with Crippen molar-refractivity contribution in [3.05, 3.63) is 64.4 Å². The van der Waals surface area contributed by atoms with Crippen molar-refractivity contribution in [2.24, 2.45) is 5.41 Å². The highest BCUT2D eigenvalue weighted by molar-refractivity contribution is 7.99. The number of benzene rings is 2. The van der Waals surface area contributed by atoms with Crippen LogP contribution in [0.3, 0.4) is 0 Å². The third-order valence-corrected chi connectivity index (χ3v) is 7.81. The Morgan fingerprint density at radius 1 is 1.10 bits per heavy atom. The van der Waals surface area contributed by atoms with Crippen molar-refractivity contribution in [3.8, 4) is 5.69 Å². The molecule has 0 bridgehead atoms. The van der Waals surface area contributed by atoms with Crippen LogP contribution in [0.4, 0.5) is 0 Å². The summed E-state index contributed by atoms with van der Waals surface area (Å²) >= 11 is 1.48. The number of thioether (sulfide) groups is 1. The summed E-state index contributed by atoms with van der Waals surface area (Å²) in [7, 11) is -3.04. The second-order valence-corrected chi connectivity index (χ2v) is 11.0. The molecule has 4 rings (SSSR count). The lowest BCUT2D eigenvalue weighted by atomic mass is 10.1. The lowest BCUT2D eigenvalue weighted by molar-refractivity contribution is 0.576. The summed E-state index contributed by atoms with van der Waals surface area (Å²) in [6, 6.07) is 15.3. The van der Waals surface area contributed by atoms with Crippen molar-refractivity contribution in [1.82, 2.24) is 9.55 Å². The molecule has 1 fully saturated rings. The van der Waals surface area contributed by atoms with E-state index in [1.54, 1.807) is 10.6 Å². The van der Waals surface area contributed by atoms with Gasteiger partial charge in [-0.05, 0) is 54.5 Å². The van der Waals surface area contributed by atoms with Crippen LogP contribution in [-0.4, -0.2) is 35.7 Å². The Labute approximate surface area is 175 Å². The number of hydrogen-bond acceptors (Lipinski definition) is 5. The maximum atomic E-state index is 13.3. The van der Waals surface area contributed by atoms with Crippen LogP contribution in [0.1, 0.15) is 25.3 Å². The van der Waals surface area contributed by atoms with Crippen LogP contribution in [0.5, 0.6) is 0 Å². The topological polar surface area (TPSA) is 69.0 Å². The first-order chi connectivity index (χ1) is 13.8. The molecule has 152 valence electrons. The fourth-order valence-corrected chi connectivity index (χ4v) is 6.54. The van der Waals surface area contributed by atoms with Crippen molar-refractivity contribution in [1.29, 1.82) is 0 Å². The summed E-state index contributed by atoms with van der Waals surface area (Å²) in [5, 5.41) is 1.19. The summed E-state index contributed by atoms with van der Waals surface area (Å²) in [6.07, 6.45) is 4.02. The average molecular weight is 429 g/mol. The molecule has 0 amide bonds. The maximum absolute atomic E-state index is 13.3. The van der Waals surface area contributed by atoms with E-state index in [1.807, 2.05) is 42.5 Å². The molecule has 1 aliphatic rings. The number of hydrogen-bond donors (Lipinski definition) is 0. The molecule has 0 spiro atoms. The van der Waals surface area contributed by atoms with Crippen LogP contribution in [0, 0.1) is 5.41 Å². The fraction of sp³-hybridized carbons (Fsp3) is 0.364. The molecule has 1 heterocycles. The van der Waals surface area contributed by atoms with Gasteiger partial charge in [0.1, 0.15) is 9.84 Å². The molecule has 0 saturated heterocycles. The van der Waals surface area contributed by atoms with Crippen LogP contribution in [0.15, 0.2) is 58.5 Å². The second-order valence-electron chi connectivity index (χ2n) is 7.93. The van der Waals surface area contributed by atoms with Crippen molar-refractivity contribution in [3.63, 3.8) is 0 Å². The highest BCUT2D eigenvalue weighted by atomic mass is 32.2. The lowest BCUT2D eigenvalue weighted by Crippen LogP contribution is -2.23. The van der Waals surface area contributed by atoms with Gasteiger partial charge in [-0.15, -0.1) is 0 Å². The molecule has 29 heavy (non-hydrogen) atoms. The van der Waals surface area contributed by atoms with Crippen LogP contribution in [-0.2, 0) is 16.3 Å². The minimum absolute atomic E-state index is 0.102. The molecule has 0 aliphatic heterocycles. The zero-order chi connectivity index (χ0) is 20.6. The van der Waals surface area contributed by atoms with E-state index in [2.05, 4.69) is 6.92 Å². The number of fused-ring (bicyclic) bond motifs is 1. The van der Waals surface area contributed by atoms with E-state index < -0.39 is 9.84 Å². The molecule has 0 N–H and O–H groups in total. The minimum Gasteiger partial charge on any atom is -0.268 e. The third-order valence-electron chi connectivity index (χ3n) is 5.38. The summed E-state index contributed by atoms with van der Waals surface area (Å²) in [6.45, 7) is 2.09. The molecule has 0 radical (unpaired) electrons. The van der Waals surface area contributed by atoms with E-state index in [0.29, 0.717) is 21.8 Å². The fourth-order valence-electron chi connectivity index (χ4n) is 3.60. The van der Waals surface area contributed by atoms with Crippen LogP contribution >= 0.6 is 11.8 Å². The van der Waals surface area contributed by atoms with E-state index in [0.717, 1.165) is 24.9 Å². The largest absolute Gasteiger partial charge is 0.268 e. The first-order valence-corrected chi connectivity index (χ1v) is 12.8. The number of aryl methyl sites for hydroxylation is 1. The Morgan fingerprint density at radius 3 is 2.41 bits per heavy atom. The van der Waals surface area contributed by atoms with Gasteiger partial charge < -0.3 is 0 Å². The van der Waals surface area contributed by atoms with Gasteiger partial charge in [0.15, 0.2) is 5.16 Å². The summed E-state index contributed by atoms with van der Waals surface area (Å²) in [5.74, 6) is 0.827. The third kappa shape index (κ3) is 4.41. The molecular weight excluding hydrogens is 404 g/mol. The molecule has 1 aromatic heterocycles. The number of sulfone groups is 1. The van der Waals surface area contributed by atoms with E-state index in [1.165, 1.54) is 23.6 Å². The molecule has 1 aliphatic carbocycles. The number of rotatable bonds is 7. The van der Waals surface area contributed by atoms with E-state index in [4.69, 9.17) is 4.98 Å². The quantitative estimate of drug-likeness (QED) is 0.422. The van der Waals surface area contributed by atoms with Gasteiger partial charge in [-0.3, -0.25) is 9.36 Å². The Morgan fingerprint density at radius 2 is 1.79 bits per heavy atom. The van der Waals surface area contributed by atoms with Gasteiger partial charge in [-0.1, -0.05) is 43.0 Å². The zero-order valence-corrected chi connectivity index (χ0v) is 18.2. The summed E-state index contributed by atoms with van der Waals surface area (Å²) < 4.78 is 25.2. The highest BCUT2D eigenvalue weighted by Gasteiger charge is 2.45. The predicted molar refractivity (Wildman–Crippen MR) is 119 cm³/mol. The normalized spacial score (nSPS) is 15.5. The average Bonchev–Trinajstić information content (AvgIpc) is 3.44. The van der Waals surface area contributed by atoms with Crippen molar-refractivity contribution in [2.45, 2.75) is 31.3 Å². The van der Waals surface area contributed by atoms with Gasteiger partial charge >= 0.3 is 0 Å². The van der Waals surface area contributed by atoms with Gasteiger partial charge in [-0.25, -0.2) is 13.4 Å². The van der Waals surface area contributed by atoms with Crippen LogP contribution in [0.25, 0.3) is 16.6 Å². The van der Waals surface area contributed by atoms with E-state index in [9.17, 15) is 13.2 Å². The number of aromatic nitrogens is 2. The van der Waals surface area contributed by atoms with Gasteiger partial charge in [0.2, 0.25) is 0 Å². The lowest BCUT2D eigenvalue weighted by Gasteiger charge is -2.17. The monoisotopic (exact) mass is 428 g/mol. The van der Waals surface area contributed by atoms with E-state index in [-0.39, 0.29) is 16.7 Å². The maximum Gasteiger partial charge on any atom is 0.266 e. The van der Waals surface area contributed by atoms with Crippen LogP contribution in [0.2, 0.25) is 0 Å². The zero-order valence-electron chi connectivity index (χ0n) is 16.6. The standard InChI is InChI=1S/C22H24N2O3S2/c1-3-16-8-10-17(11-9-16)24-20(25)18-6-4-5-7-19(18)23-21(24)28-14-22(12-13-22)15-29(2,26)27/h4-11H,3,12-15H2,1-2H3. The first kappa shape index (κ1) is 20.2. The smallest absolute Gasteiger partial charge is 0.266 e. The molecule has 0 atom stereocenters. The molecular formula is C22H24N2O3S2. The van der Waals surface area contributed by atoms with Gasteiger partial charge in [0.05, 0.1) is 22.3 Å². The molecule has 3 aromatic rings. The Bertz CT molecular complexity index is 1210. The Hall–Kier alpha value is -2.12. The number of nitrogens with zero attached hydrogens (tertiary/aromatic N) is 2. The molecule has 5 nitrogen and oxygen atoms in total. The van der Waals surface area contributed by atoms with Gasteiger partial charge in [0, 0.05) is 12.0 Å². The Balaban J connectivity index is 1.76. The SMILES string of the molecule is CCc1ccc(-n2c(SCC3(CS(C)(=O)=O)CC3)nc3ccccc3c2=O)cc1. The van der Waals surface area contributed by atoms with E-state index >= 15 is 0 Å². The van der Waals surface area contributed by atoms with Crippen molar-refractivity contribution in [2.75, 3.05) is 17.8 Å². The number of para-hydroxylation sites is 1. The first-order valence-electron chi connectivity index (χ1n) is 9.72. The summed E-state index contributed by atoms with van der Waals surface area (Å²) in [5.41, 5.74) is 2.35. The molecule has 0 unspecified atom stereocenters. The van der Waals surface area contributed by atoms with Crippen molar-refractivity contribution < 1.29 is 8.42 Å². The Kier molecular flexibility index (Phi) is 5.29. The highest BCUT2D eigenvalue weighted by Crippen LogP contribution is 2.50. The van der Waals surface area contributed by atoms with Crippen molar-refractivity contribution >= 4 is 32.5 Å². The summed E-state index contributed by atoms with van der Waals surface area (Å²) in [4.78, 5) is 18.0. The van der Waals surface area contributed by atoms with Crippen LogP contribution < -0.4 is 5.56 Å². The molecule has 1 saturated carbocycles. The predicted octanol–water partition coefficient (Wildman–Crippen LogP) is 3.87. The molecule has 2 aromatic carbocycles. The van der Waals surface area contributed by atoms with Gasteiger partial charge in [-0.2, -0.15) is 0 Å².